The summed E-state index contributed by atoms with van der Waals surface area (Å²) in [6, 6.07) is 0. The van der Waals surface area contributed by atoms with Crippen LogP contribution in [0.4, 0.5) is 0 Å². The van der Waals surface area contributed by atoms with Gasteiger partial charge in [0.2, 0.25) is 0 Å². The summed E-state index contributed by atoms with van der Waals surface area (Å²) in [5.74, 6) is -0.382. The lowest BCUT2D eigenvalue weighted by Crippen LogP contribution is -2.37. The average Bonchev–Trinajstić information content (AvgIpc) is 3.11. The van der Waals surface area contributed by atoms with Crippen LogP contribution in [-0.2, 0) is 27.9 Å². The number of esters is 1. The summed E-state index contributed by atoms with van der Waals surface area (Å²) >= 11 is 0. The number of likely N-dealkylation sites (N-methyl/N-ethyl adjacent to an activating group) is 1. The van der Waals surface area contributed by atoms with E-state index in [1.807, 2.05) is 27.2 Å². The minimum Gasteiger partial charge on any atom is -0.498 e. The van der Waals surface area contributed by atoms with Gasteiger partial charge in [-0.15, -0.1) is 0 Å². The molecule has 9 heteroatoms. The van der Waals surface area contributed by atoms with Crippen molar-refractivity contribution in [2.45, 2.75) is 155 Å². The van der Waals surface area contributed by atoms with Crippen LogP contribution in [0.2, 0.25) is 0 Å². The minimum absolute atomic E-state index is 0.0220. The van der Waals surface area contributed by atoms with Crippen LogP contribution in [0.25, 0.3) is 0 Å². The van der Waals surface area contributed by atoms with E-state index >= 15 is 0 Å². The zero-order chi connectivity index (χ0) is 39.1. The highest BCUT2D eigenvalue weighted by molar-refractivity contribution is 7.47. The van der Waals surface area contributed by atoms with Crippen molar-refractivity contribution in [3.05, 3.63) is 73.1 Å². The van der Waals surface area contributed by atoms with E-state index < -0.39 is 13.9 Å². The molecule has 1 N–H and O–H groups in total. The van der Waals surface area contributed by atoms with Crippen molar-refractivity contribution in [3.8, 4) is 0 Å². The van der Waals surface area contributed by atoms with Gasteiger partial charge in [0.15, 0.2) is 6.10 Å². The SMILES string of the molecule is CC/C=C\C/C=C\C/C=C\C/C=C\CCCCC(=O)O[C@H](CO/C=C\CCCCCC/C=C\CCCCCCCC)COP(=O)(O)OCC[N+](C)(C)C. The van der Waals surface area contributed by atoms with Crippen LogP contribution >= 0.6 is 7.82 Å². The van der Waals surface area contributed by atoms with E-state index in [0.29, 0.717) is 17.4 Å². The molecule has 306 valence electrons. The first-order chi connectivity index (χ1) is 25.6. The van der Waals surface area contributed by atoms with E-state index in [1.54, 1.807) is 6.26 Å². The maximum absolute atomic E-state index is 12.6. The molecule has 0 bridgehead atoms. The molecule has 53 heavy (non-hydrogen) atoms. The van der Waals surface area contributed by atoms with Crippen LogP contribution in [0.5, 0.6) is 0 Å². The van der Waals surface area contributed by atoms with E-state index in [0.717, 1.165) is 57.8 Å². The molecule has 0 aromatic rings. The van der Waals surface area contributed by atoms with Gasteiger partial charge in [0.1, 0.15) is 19.8 Å². The quantitative estimate of drug-likeness (QED) is 0.0168. The van der Waals surface area contributed by atoms with Gasteiger partial charge >= 0.3 is 13.8 Å². The number of hydrogen-bond donors (Lipinski definition) is 1. The Balaban J connectivity index is 4.43. The van der Waals surface area contributed by atoms with Crippen molar-refractivity contribution in [1.82, 2.24) is 0 Å². The van der Waals surface area contributed by atoms with E-state index in [4.69, 9.17) is 18.5 Å². The maximum Gasteiger partial charge on any atom is 0.472 e. The lowest BCUT2D eigenvalue weighted by molar-refractivity contribution is -0.870. The fourth-order valence-electron chi connectivity index (χ4n) is 5.09. The summed E-state index contributed by atoms with van der Waals surface area (Å²) in [5, 5.41) is 0. The maximum atomic E-state index is 12.6. The molecule has 0 heterocycles. The highest BCUT2D eigenvalue weighted by Gasteiger charge is 2.26. The van der Waals surface area contributed by atoms with Crippen molar-refractivity contribution in [2.24, 2.45) is 0 Å². The Hall–Kier alpha value is -2.22. The van der Waals surface area contributed by atoms with Crippen LogP contribution in [0, 0.1) is 0 Å². The largest absolute Gasteiger partial charge is 0.498 e. The summed E-state index contributed by atoms with van der Waals surface area (Å²) in [6.07, 6.45) is 47.5. The topological polar surface area (TPSA) is 91.3 Å². The Bertz CT molecular complexity index is 1070. The Labute approximate surface area is 325 Å². The standard InChI is InChI=1S/C44H78NO7P/c1-6-8-10-12-14-16-18-20-22-24-26-28-30-32-34-36-39-49-41-43(42-51-53(47,48)50-40-38-45(3,4)5)52-44(46)37-35-33-31-29-27-25-23-21-19-17-15-13-11-9-7-2/h9,11,15,17,20-23,27,29,36,39,43H,6-8,10,12-14,16,18-19,24-26,28,30-35,37-38,40-42H2,1-5H3/p+1/b11-9-,17-15-,22-20-,23-21-,29-27-,39-36-/t43-/m1/s1. The van der Waals surface area contributed by atoms with Crippen molar-refractivity contribution in [1.29, 1.82) is 0 Å². The number of quaternary nitrogens is 1. The van der Waals surface area contributed by atoms with Gasteiger partial charge < -0.3 is 18.9 Å². The molecule has 0 radical (unpaired) electrons. The third kappa shape index (κ3) is 40.8. The van der Waals surface area contributed by atoms with Gasteiger partial charge in [0.05, 0.1) is 34.0 Å². The number of phosphoric acid groups is 1. The molecule has 0 saturated carbocycles. The first kappa shape index (κ1) is 50.8. The summed E-state index contributed by atoms with van der Waals surface area (Å²) in [6.45, 7) is 4.73. The zero-order valence-electron chi connectivity index (χ0n) is 34.5. The van der Waals surface area contributed by atoms with Crippen LogP contribution in [0.3, 0.4) is 0 Å². The number of carbonyl (C=O) groups excluding carboxylic acids is 1. The third-order valence-electron chi connectivity index (χ3n) is 8.32. The molecule has 8 nitrogen and oxygen atoms in total. The van der Waals surface area contributed by atoms with Crippen LogP contribution < -0.4 is 0 Å². The van der Waals surface area contributed by atoms with Gasteiger partial charge in [0.25, 0.3) is 0 Å². The number of carbonyl (C=O) groups is 1. The molecular formula is C44H79NO7P+. The van der Waals surface area contributed by atoms with Gasteiger partial charge in [-0.1, -0.05) is 120 Å². The van der Waals surface area contributed by atoms with Gasteiger partial charge in [-0.05, 0) is 89.5 Å². The van der Waals surface area contributed by atoms with Crippen LogP contribution in [-0.4, -0.2) is 69.0 Å². The van der Waals surface area contributed by atoms with Crippen LogP contribution in [0.1, 0.15) is 149 Å². The molecule has 0 fully saturated rings. The molecule has 1 unspecified atom stereocenters. The van der Waals surface area contributed by atoms with E-state index in [1.165, 1.54) is 64.2 Å². The van der Waals surface area contributed by atoms with E-state index in [2.05, 4.69) is 74.6 Å². The number of rotatable bonds is 37. The second-order valence-electron chi connectivity index (χ2n) is 14.7. The minimum atomic E-state index is -4.31. The predicted octanol–water partition coefficient (Wildman–Crippen LogP) is 12.3. The Kier molecular flexibility index (Phi) is 35.2. The molecule has 0 amide bonds. The van der Waals surface area contributed by atoms with Gasteiger partial charge in [0, 0.05) is 6.42 Å². The first-order valence-electron chi connectivity index (χ1n) is 20.7. The van der Waals surface area contributed by atoms with Gasteiger partial charge in [-0.2, -0.15) is 0 Å². The molecule has 0 saturated heterocycles. The summed E-state index contributed by atoms with van der Waals surface area (Å²) in [4.78, 5) is 22.8. The number of unbranched alkanes of at least 4 members (excludes halogenated alkanes) is 13. The first-order valence-corrected chi connectivity index (χ1v) is 22.2. The second-order valence-corrected chi connectivity index (χ2v) is 16.1. The highest BCUT2D eigenvalue weighted by Crippen LogP contribution is 2.43. The molecule has 0 aliphatic rings. The van der Waals surface area contributed by atoms with Crippen molar-refractivity contribution in [3.63, 3.8) is 0 Å². The Morgan fingerprint density at radius 2 is 1.11 bits per heavy atom. The molecule has 0 spiro atoms. The fraction of sp³-hybridized carbons (Fsp3) is 0.705. The predicted molar refractivity (Wildman–Crippen MR) is 224 cm³/mol. The smallest absolute Gasteiger partial charge is 0.472 e. The normalized spacial score (nSPS) is 14.5. The molecular weight excluding hydrogens is 685 g/mol. The van der Waals surface area contributed by atoms with Gasteiger partial charge in [-0.25, -0.2) is 4.57 Å². The molecule has 0 aromatic heterocycles. The zero-order valence-corrected chi connectivity index (χ0v) is 35.4. The lowest BCUT2D eigenvalue weighted by atomic mass is 10.1. The number of ether oxygens (including phenoxy) is 2. The molecule has 2 atom stereocenters. The molecule has 0 aliphatic carbocycles. The number of allylic oxidation sites excluding steroid dienone is 11. The molecule has 0 rings (SSSR count). The van der Waals surface area contributed by atoms with Crippen LogP contribution in [0.15, 0.2) is 73.1 Å². The van der Waals surface area contributed by atoms with E-state index in [9.17, 15) is 14.3 Å². The number of nitrogens with zero attached hydrogens (tertiary/aromatic N) is 1. The van der Waals surface area contributed by atoms with Crippen molar-refractivity contribution in [2.75, 3.05) is 47.5 Å². The Morgan fingerprint density at radius 1 is 0.623 bits per heavy atom. The lowest BCUT2D eigenvalue weighted by Gasteiger charge is -2.24. The molecule has 0 aliphatic heterocycles. The number of phosphoric ester groups is 1. The monoisotopic (exact) mass is 765 g/mol. The fourth-order valence-corrected chi connectivity index (χ4v) is 5.83. The Morgan fingerprint density at radius 3 is 1.68 bits per heavy atom. The highest BCUT2D eigenvalue weighted by atomic mass is 31.2. The average molecular weight is 765 g/mol. The second kappa shape index (κ2) is 36.7. The summed E-state index contributed by atoms with van der Waals surface area (Å²) in [5.41, 5.74) is 0. The summed E-state index contributed by atoms with van der Waals surface area (Å²) < 4.78 is 34.6. The van der Waals surface area contributed by atoms with Crippen molar-refractivity contribution < 1.29 is 37.3 Å². The third-order valence-corrected chi connectivity index (χ3v) is 9.30. The van der Waals surface area contributed by atoms with Crippen molar-refractivity contribution >= 4 is 13.8 Å². The number of hydrogen-bond acceptors (Lipinski definition) is 6. The summed E-state index contributed by atoms with van der Waals surface area (Å²) in [7, 11) is 1.59. The molecule has 0 aromatic carbocycles. The van der Waals surface area contributed by atoms with Gasteiger partial charge in [-0.3, -0.25) is 13.8 Å². The van der Waals surface area contributed by atoms with E-state index in [-0.39, 0.29) is 32.2 Å².